The predicted octanol–water partition coefficient (Wildman–Crippen LogP) is 3.68. The second-order valence-electron chi connectivity index (χ2n) is 6.46. The van der Waals surface area contributed by atoms with Gasteiger partial charge in [0, 0.05) is 23.9 Å². The molecule has 0 aliphatic heterocycles. The van der Waals surface area contributed by atoms with Crippen molar-refractivity contribution in [3.05, 3.63) is 99.9 Å². The smallest absolute Gasteiger partial charge is 0.310 e. The summed E-state index contributed by atoms with van der Waals surface area (Å²) in [5, 5.41) is 16.3. The molecular weight excluding hydrogens is 405 g/mol. The lowest BCUT2D eigenvalue weighted by Gasteiger charge is -2.10. The Morgan fingerprint density at radius 1 is 1.00 bits per heavy atom. The number of anilines is 1. The standard InChI is InChI=1S/C22H18FN3O5/c23-17-7-4-6-16(12-17)22(28)25-18-8-3-5-15(11-18)13-24-21(27)14-31-20-10-2-1-9-19(20)26(29)30/h1-12H,13-14H2,(H,24,27)(H,25,28). The van der Waals surface area contributed by atoms with Crippen molar-refractivity contribution in [2.24, 2.45) is 0 Å². The summed E-state index contributed by atoms with van der Waals surface area (Å²) in [4.78, 5) is 34.6. The van der Waals surface area contributed by atoms with Crippen LogP contribution in [0.1, 0.15) is 15.9 Å². The van der Waals surface area contributed by atoms with Crippen LogP contribution in [0.2, 0.25) is 0 Å². The molecule has 2 amide bonds. The van der Waals surface area contributed by atoms with Gasteiger partial charge in [-0.15, -0.1) is 0 Å². The molecule has 0 spiro atoms. The van der Waals surface area contributed by atoms with Crippen LogP contribution in [-0.4, -0.2) is 23.3 Å². The molecule has 8 nitrogen and oxygen atoms in total. The van der Waals surface area contributed by atoms with E-state index in [0.717, 1.165) is 6.07 Å². The Labute approximate surface area is 176 Å². The third-order valence-corrected chi connectivity index (χ3v) is 4.18. The Kier molecular flexibility index (Phi) is 6.89. The number of nitro groups is 1. The van der Waals surface area contributed by atoms with Gasteiger partial charge in [0.2, 0.25) is 0 Å². The number of para-hydroxylation sites is 2. The fraction of sp³-hybridized carbons (Fsp3) is 0.0909. The molecule has 3 rings (SSSR count). The fourth-order valence-corrected chi connectivity index (χ4v) is 2.72. The number of hydrogen-bond acceptors (Lipinski definition) is 5. The molecule has 3 aromatic rings. The van der Waals surface area contributed by atoms with Gasteiger partial charge in [-0.25, -0.2) is 4.39 Å². The first-order chi connectivity index (χ1) is 14.9. The van der Waals surface area contributed by atoms with E-state index in [1.165, 1.54) is 36.4 Å². The van der Waals surface area contributed by atoms with Crippen LogP contribution >= 0.6 is 0 Å². The Morgan fingerprint density at radius 3 is 2.55 bits per heavy atom. The molecule has 0 bridgehead atoms. The van der Waals surface area contributed by atoms with Crippen LogP contribution in [0, 0.1) is 15.9 Å². The van der Waals surface area contributed by atoms with Crippen molar-refractivity contribution >= 4 is 23.2 Å². The monoisotopic (exact) mass is 423 g/mol. The maximum atomic E-state index is 13.3. The van der Waals surface area contributed by atoms with Gasteiger partial charge in [0.1, 0.15) is 5.82 Å². The van der Waals surface area contributed by atoms with Crippen molar-refractivity contribution in [3.63, 3.8) is 0 Å². The zero-order chi connectivity index (χ0) is 22.2. The summed E-state index contributed by atoms with van der Waals surface area (Å²) in [5.41, 5.74) is 1.15. The molecule has 158 valence electrons. The summed E-state index contributed by atoms with van der Waals surface area (Å²) < 4.78 is 18.5. The number of nitrogens with one attached hydrogen (secondary N) is 2. The lowest BCUT2D eigenvalue weighted by Crippen LogP contribution is -2.28. The van der Waals surface area contributed by atoms with Gasteiger partial charge in [-0.1, -0.05) is 30.3 Å². The van der Waals surface area contributed by atoms with E-state index < -0.39 is 22.6 Å². The summed E-state index contributed by atoms with van der Waals surface area (Å²) >= 11 is 0. The summed E-state index contributed by atoms with van der Waals surface area (Å²) in [6.45, 7) is -0.233. The van der Waals surface area contributed by atoms with Gasteiger partial charge in [0.15, 0.2) is 12.4 Å². The second kappa shape index (κ2) is 9.97. The van der Waals surface area contributed by atoms with Crippen molar-refractivity contribution in [1.29, 1.82) is 0 Å². The summed E-state index contributed by atoms with van der Waals surface area (Å²) in [6.07, 6.45) is 0. The number of rotatable bonds is 8. The molecule has 0 unspecified atom stereocenters. The minimum absolute atomic E-state index is 0.00436. The van der Waals surface area contributed by atoms with Crippen LogP contribution in [0.5, 0.6) is 5.75 Å². The Balaban J connectivity index is 1.53. The molecule has 0 atom stereocenters. The fourth-order valence-electron chi connectivity index (χ4n) is 2.72. The molecular formula is C22H18FN3O5. The number of nitrogens with zero attached hydrogens (tertiary/aromatic N) is 1. The van der Waals surface area contributed by atoms with Crippen LogP contribution in [0.3, 0.4) is 0 Å². The van der Waals surface area contributed by atoms with Gasteiger partial charge in [-0.05, 0) is 42.0 Å². The molecule has 0 aromatic heterocycles. The van der Waals surface area contributed by atoms with Gasteiger partial charge in [-0.3, -0.25) is 19.7 Å². The minimum Gasteiger partial charge on any atom is -0.477 e. The van der Waals surface area contributed by atoms with E-state index in [1.54, 1.807) is 30.3 Å². The molecule has 3 aromatic carbocycles. The summed E-state index contributed by atoms with van der Waals surface area (Å²) in [5.74, 6) is -1.43. The number of amides is 2. The molecule has 2 N–H and O–H groups in total. The van der Waals surface area contributed by atoms with Gasteiger partial charge >= 0.3 is 5.69 Å². The molecule has 31 heavy (non-hydrogen) atoms. The van der Waals surface area contributed by atoms with Crippen molar-refractivity contribution in [3.8, 4) is 5.75 Å². The number of nitro benzene ring substituents is 1. The highest BCUT2D eigenvalue weighted by atomic mass is 19.1. The van der Waals surface area contributed by atoms with Gasteiger partial charge in [-0.2, -0.15) is 0 Å². The quantitative estimate of drug-likeness (QED) is 0.424. The van der Waals surface area contributed by atoms with Crippen molar-refractivity contribution in [1.82, 2.24) is 5.32 Å². The lowest BCUT2D eigenvalue weighted by atomic mass is 10.1. The predicted molar refractivity (Wildman–Crippen MR) is 111 cm³/mol. The van der Waals surface area contributed by atoms with Crippen LogP contribution in [0.4, 0.5) is 15.8 Å². The van der Waals surface area contributed by atoms with Gasteiger partial charge in [0.05, 0.1) is 4.92 Å². The molecule has 0 radical (unpaired) electrons. The summed E-state index contributed by atoms with van der Waals surface area (Å²) in [7, 11) is 0. The van der Waals surface area contributed by atoms with E-state index >= 15 is 0 Å². The molecule has 0 saturated carbocycles. The zero-order valence-electron chi connectivity index (χ0n) is 16.2. The molecule has 0 fully saturated rings. The van der Waals surface area contributed by atoms with Gasteiger partial charge < -0.3 is 15.4 Å². The number of ether oxygens (including phenoxy) is 1. The number of carbonyl (C=O) groups is 2. The summed E-state index contributed by atoms with van der Waals surface area (Å²) in [6, 6.07) is 17.9. The van der Waals surface area contributed by atoms with Crippen molar-refractivity contribution in [2.45, 2.75) is 6.54 Å². The molecule has 0 saturated heterocycles. The first-order valence-electron chi connectivity index (χ1n) is 9.21. The topological polar surface area (TPSA) is 111 Å². The number of hydrogen-bond donors (Lipinski definition) is 2. The van der Waals surface area contributed by atoms with Crippen LogP contribution in [0.25, 0.3) is 0 Å². The van der Waals surface area contributed by atoms with Crippen LogP contribution < -0.4 is 15.4 Å². The second-order valence-corrected chi connectivity index (χ2v) is 6.46. The largest absolute Gasteiger partial charge is 0.477 e. The highest BCUT2D eigenvalue weighted by Gasteiger charge is 2.15. The first kappa shape index (κ1) is 21.4. The number of halogens is 1. The first-order valence-corrected chi connectivity index (χ1v) is 9.21. The average molecular weight is 423 g/mol. The van der Waals surface area contributed by atoms with E-state index in [4.69, 9.17) is 4.74 Å². The van der Waals surface area contributed by atoms with Crippen LogP contribution in [0.15, 0.2) is 72.8 Å². The van der Waals surface area contributed by atoms with E-state index in [-0.39, 0.29) is 30.2 Å². The Morgan fingerprint density at radius 2 is 1.77 bits per heavy atom. The third kappa shape index (κ3) is 6.10. The third-order valence-electron chi connectivity index (χ3n) is 4.18. The van der Waals surface area contributed by atoms with E-state index in [0.29, 0.717) is 11.3 Å². The molecule has 0 aliphatic carbocycles. The maximum Gasteiger partial charge on any atom is 0.310 e. The lowest BCUT2D eigenvalue weighted by molar-refractivity contribution is -0.385. The Hall–Kier alpha value is -4.27. The number of carbonyl (C=O) groups excluding carboxylic acids is 2. The molecule has 0 aliphatic rings. The van der Waals surface area contributed by atoms with Crippen molar-refractivity contribution < 1.29 is 23.6 Å². The Bertz CT molecular complexity index is 1120. The maximum absolute atomic E-state index is 13.3. The zero-order valence-corrected chi connectivity index (χ0v) is 16.2. The molecule has 0 heterocycles. The van der Waals surface area contributed by atoms with E-state index in [2.05, 4.69) is 10.6 Å². The van der Waals surface area contributed by atoms with Gasteiger partial charge in [0.25, 0.3) is 11.8 Å². The highest BCUT2D eigenvalue weighted by Crippen LogP contribution is 2.25. The minimum atomic E-state index is -0.586. The van der Waals surface area contributed by atoms with E-state index in [9.17, 15) is 24.1 Å². The highest BCUT2D eigenvalue weighted by molar-refractivity contribution is 6.04. The normalized spacial score (nSPS) is 10.2. The molecule has 9 heteroatoms. The van der Waals surface area contributed by atoms with Crippen LogP contribution in [-0.2, 0) is 11.3 Å². The number of benzene rings is 3. The van der Waals surface area contributed by atoms with E-state index in [1.807, 2.05) is 0 Å². The SMILES string of the molecule is O=C(COc1ccccc1[N+](=O)[O-])NCc1cccc(NC(=O)c2cccc(F)c2)c1. The van der Waals surface area contributed by atoms with Crippen molar-refractivity contribution in [2.75, 3.05) is 11.9 Å². The average Bonchev–Trinajstić information content (AvgIpc) is 2.76.